The van der Waals surface area contributed by atoms with Crippen LogP contribution in [-0.4, -0.2) is 56.5 Å². The third-order valence-electron chi connectivity index (χ3n) is 3.74. The average Bonchev–Trinajstić information content (AvgIpc) is 2.92. The van der Waals surface area contributed by atoms with E-state index < -0.39 is 23.2 Å². The molecule has 1 aliphatic rings. The number of imide groups is 1. The maximum atomic E-state index is 12.5. The molecule has 9 heteroatoms. The van der Waals surface area contributed by atoms with Crippen molar-refractivity contribution in [2.24, 2.45) is 0 Å². The van der Waals surface area contributed by atoms with Crippen LogP contribution in [0.5, 0.6) is 17.2 Å². The first kappa shape index (κ1) is 19.6. The summed E-state index contributed by atoms with van der Waals surface area (Å²) in [6.45, 7) is 1.44. The lowest BCUT2D eigenvalue weighted by molar-refractivity contribution is -0.148. The first-order valence-corrected chi connectivity index (χ1v) is 8.34. The molecular formula is C17H19NO7S. The number of thioether (sulfide) groups is 1. The number of nitrogens with zero attached hydrogens (tertiary/aromatic N) is 1. The van der Waals surface area contributed by atoms with Crippen LogP contribution in [0.3, 0.4) is 0 Å². The minimum atomic E-state index is -1.00. The topological polar surface area (TPSA) is 91.4 Å². The van der Waals surface area contributed by atoms with E-state index in [2.05, 4.69) is 4.74 Å². The highest BCUT2D eigenvalue weighted by Crippen LogP contribution is 2.40. The van der Waals surface area contributed by atoms with Crippen molar-refractivity contribution in [3.63, 3.8) is 0 Å². The molecule has 0 N–H and O–H groups in total. The molecule has 1 saturated heterocycles. The fourth-order valence-corrected chi connectivity index (χ4v) is 3.33. The van der Waals surface area contributed by atoms with E-state index in [4.69, 9.17) is 14.2 Å². The summed E-state index contributed by atoms with van der Waals surface area (Å²) in [6.07, 6.45) is 1.53. The molecule has 26 heavy (non-hydrogen) atoms. The second kappa shape index (κ2) is 8.13. The lowest BCUT2D eigenvalue weighted by Crippen LogP contribution is -2.42. The number of carbonyl (C=O) groups excluding carboxylic acids is 3. The SMILES string of the molecule is COC(=O)[C@H](C)N1C(=O)S/C(=C/c2cc(OC)c(OC)c(OC)c2)C1=O. The van der Waals surface area contributed by atoms with Crippen LogP contribution in [0.15, 0.2) is 17.0 Å². The number of rotatable bonds is 6. The number of carbonyl (C=O) groups is 3. The molecular weight excluding hydrogens is 362 g/mol. The van der Waals surface area contributed by atoms with E-state index >= 15 is 0 Å². The van der Waals surface area contributed by atoms with Gasteiger partial charge in [-0.2, -0.15) is 0 Å². The van der Waals surface area contributed by atoms with Gasteiger partial charge in [0.05, 0.1) is 33.3 Å². The Bertz CT molecular complexity index is 749. The fraction of sp³-hybridized carbons (Fsp3) is 0.353. The van der Waals surface area contributed by atoms with E-state index in [0.717, 1.165) is 16.7 Å². The summed E-state index contributed by atoms with van der Waals surface area (Å²) in [7, 11) is 5.64. The summed E-state index contributed by atoms with van der Waals surface area (Å²) in [5.74, 6) is 0.0214. The van der Waals surface area contributed by atoms with Crippen LogP contribution < -0.4 is 14.2 Å². The molecule has 1 fully saturated rings. The van der Waals surface area contributed by atoms with Crippen molar-refractivity contribution in [2.75, 3.05) is 28.4 Å². The molecule has 0 aromatic heterocycles. The van der Waals surface area contributed by atoms with Gasteiger partial charge in [-0.25, -0.2) is 4.79 Å². The van der Waals surface area contributed by atoms with Gasteiger partial charge < -0.3 is 18.9 Å². The predicted octanol–water partition coefficient (Wildman–Crippen LogP) is 2.31. The summed E-state index contributed by atoms with van der Waals surface area (Å²) in [5.41, 5.74) is 0.579. The molecule has 1 aromatic carbocycles. The first-order valence-electron chi connectivity index (χ1n) is 7.52. The average molecular weight is 381 g/mol. The Morgan fingerprint density at radius 3 is 2.12 bits per heavy atom. The van der Waals surface area contributed by atoms with Gasteiger partial charge in [-0.3, -0.25) is 14.5 Å². The van der Waals surface area contributed by atoms with E-state index in [-0.39, 0.29) is 4.91 Å². The van der Waals surface area contributed by atoms with Gasteiger partial charge in [0.2, 0.25) is 5.75 Å². The van der Waals surface area contributed by atoms with Gasteiger partial charge in [0.15, 0.2) is 11.5 Å². The molecule has 0 saturated carbocycles. The summed E-state index contributed by atoms with van der Waals surface area (Å²) in [5, 5.41) is -0.536. The third kappa shape index (κ3) is 3.62. The highest BCUT2D eigenvalue weighted by molar-refractivity contribution is 8.18. The lowest BCUT2D eigenvalue weighted by Gasteiger charge is -2.18. The van der Waals surface area contributed by atoms with Crippen LogP contribution in [0.2, 0.25) is 0 Å². The van der Waals surface area contributed by atoms with Gasteiger partial charge in [-0.15, -0.1) is 0 Å². The van der Waals surface area contributed by atoms with Crippen LogP contribution >= 0.6 is 11.8 Å². The Balaban J connectivity index is 2.40. The molecule has 2 amide bonds. The zero-order valence-electron chi connectivity index (χ0n) is 15.0. The Morgan fingerprint density at radius 2 is 1.65 bits per heavy atom. The van der Waals surface area contributed by atoms with Crippen LogP contribution in [0, 0.1) is 0 Å². The molecule has 0 spiro atoms. The Morgan fingerprint density at radius 1 is 1.08 bits per heavy atom. The van der Waals surface area contributed by atoms with Crippen molar-refractivity contribution in [1.82, 2.24) is 4.90 Å². The van der Waals surface area contributed by atoms with Gasteiger partial charge in [-0.05, 0) is 42.5 Å². The molecule has 2 rings (SSSR count). The van der Waals surface area contributed by atoms with Crippen molar-refractivity contribution in [2.45, 2.75) is 13.0 Å². The highest BCUT2D eigenvalue weighted by atomic mass is 32.2. The highest BCUT2D eigenvalue weighted by Gasteiger charge is 2.41. The number of hydrogen-bond donors (Lipinski definition) is 0. The maximum Gasteiger partial charge on any atom is 0.328 e. The molecule has 1 atom stereocenters. The Labute approximate surface area is 155 Å². The lowest BCUT2D eigenvalue weighted by atomic mass is 10.1. The molecule has 0 unspecified atom stereocenters. The Hall–Kier alpha value is -2.68. The van der Waals surface area contributed by atoms with Crippen molar-refractivity contribution >= 4 is 35.0 Å². The van der Waals surface area contributed by atoms with Gasteiger partial charge >= 0.3 is 5.97 Å². The Kier molecular flexibility index (Phi) is 6.14. The molecule has 8 nitrogen and oxygen atoms in total. The van der Waals surface area contributed by atoms with Crippen molar-refractivity contribution in [3.05, 3.63) is 22.6 Å². The number of amides is 2. The minimum Gasteiger partial charge on any atom is -0.493 e. The number of hydrogen-bond acceptors (Lipinski definition) is 8. The summed E-state index contributed by atoms with van der Waals surface area (Å²) >= 11 is 0.748. The molecule has 1 aliphatic heterocycles. The molecule has 0 bridgehead atoms. The quantitative estimate of drug-likeness (QED) is 0.548. The monoisotopic (exact) mass is 381 g/mol. The molecule has 0 aliphatic carbocycles. The zero-order chi connectivity index (χ0) is 19.4. The van der Waals surface area contributed by atoms with Crippen LogP contribution in [0.4, 0.5) is 4.79 Å². The second-order valence-corrected chi connectivity index (χ2v) is 6.20. The largest absolute Gasteiger partial charge is 0.493 e. The van der Waals surface area contributed by atoms with Gasteiger partial charge in [0, 0.05) is 0 Å². The van der Waals surface area contributed by atoms with Crippen LogP contribution in [0.25, 0.3) is 6.08 Å². The molecule has 0 radical (unpaired) electrons. The first-order chi connectivity index (χ1) is 12.4. The fourth-order valence-electron chi connectivity index (χ4n) is 2.43. The predicted molar refractivity (Wildman–Crippen MR) is 95.4 cm³/mol. The van der Waals surface area contributed by atoms with Gasteiger partial charge in [-0.1, -0.05) is 0 Å². The molecule has 1 heterocycles. The van der Waals surface area contributed by atoms with E-state index in [0.29, 0.717) is 22.8 Å². The van der Waals surface area contributed by atoms with E-state index in [1.165, 1.54) is 41.4 Å². The second-order valence-electron chi connectivity index (χ2n) is 5.21. The minimum absolute atomic E-state index is 0.181. The maximum absolute atomic E-state index is 12.5. The number of benzene rings is 1. The number of esters is 1. The molecule has 1 aromatic rings. The number of methoxy groups -OCH3 is 4. The number of ether oxygens (including phenoxy) is 4. The van der Waals surface area contributed by atoms with Crippen molar-refractivity contribution < 1.29 is 33.3 Å². The smallest absolute Gasteiger partial charge is 0.328 e. The zero-order valence-corrected chi connectivity index (χ0v) is 15.8. The van der Waals surface area contributed by atoms with Crippen LogP contribution in [0.1, 0.15) is 12.5 Å². The summed E-state index contributed by atoms with van der Waals surface area (Å²) in [6, 6.07) is 2.30. The summed E-state index contributed by atoms with van der Waals surface area (Å²) in [4.78, 5) is 37.4. The normalized spacial score (nSPS) is 16.7. The van der Waals surface area contributed by atoms with E-state index in [9.17, 15) is 14.4 Å². The van der Waals surface area contributed by atoms with E-state index in [1.807, 2.05) is 0 Å². The van der Waals surface area contributed by atoms with Crippen molar-refractivity contribution in [3.8, 4) is 17.2 Å². The van der Waals surface area contributed by atoms with E-state index in [1.54, 1.807) is 12.1 Å². The van der Waals surface area contributed by atoms with Crippen molar-refractivity contribution in [1.29, 1.82) is 0 Å². The van der Waals surface area contributed by atoms with Gasteiger partial charge in [0.1, 0.15) is 6.04 Å². The van der Waals surface area contributed by atoms with Gasteiger partial charge in [0.25, 0.3) is 11.1 Å². The summed E-state index contributed by atoms with van der Waals surface area (Å²) < 4.78 is 20.4. The third-order valence-corrected chi connectivity index (χ3v) is 4.62. The molecule has 140 valence electrons. The van der Waals surface area contributed by atoms with Crippen LogP contribution in [-0.2, 0) is 14.3 Å². The standard InChI is InChI=1S/C17H19NO7S/c1-9(16(20)25-5)18-15(19)13(26-17(18)21)8-10-6-11(22-2)14(24-4)12(7-10)23-3/h6-9H,1-5H3/b13-8+/t9-/m0/s1.